The van der Waals surface area contributed by atoms with Crippen LogP contribution in [0.25, 0.3) is 0 Å². The number of rotatable bonds is 1. The first-order valence-electron chi connectivity index (χ1n) is 6.67. The number of aliphatic hydroxyl groups excluding tert-OH is 1. The molecule has 0 unspecified atom stereocenters. The summed E-state index contributed by atoms with van der Waals surface area (Å²) in [5, 5.41) is 10.6. The maximum atomic E-state index is 12.4. The summed E-state index contributed by atoms with van der Waals surface area (Å²) in [6.07, 6.45) is 3.57. The van der Waals surface area contributed by atoms with Crippen LogP contribution < -0.4 is 0 Å². The number of carbonyl (C=O) groups is 2. The lowest BCUT2D eigenvalue weighted by Gasteiger charge is -2.37. The number of carbonyl (C=O) groups excluding carboxylic acids is 2. The third-order valence-corrected chi connectivity index (χ3v) is 4.42. The Kier molecular flexibility index (Phi) is 2.46. The summed E-state index contributed by atoms with van der Waals surface area (Å²) < 4.78 is 1.93. The van der Waals surface area contributed by atoms with Gasteiger partial charge in [-0.25, -0.2) is 0 Å². The second-order valence-electron chi connectivity index (χ2n) is 5.54. The molecule has 4 heteroatoms. The van der Waals surface area contributed by atoms with Gasteiger partial charge in [-0.05, 0) is 38.8 Å². The molecule has 1 aromatic rings. The molecule has 19 heavy (non-hydrogen) atoms. The monoisotopic (exact) mass is 259 g/mol. The van der Waals surface area contributed by atoms with E-state index in [1.807, 2.05) is 17.6 Å². The molecule has 100 valence electrons. The van der Waals surface area contributed by atoms with Gasteiger partial charge in [0, 0.05) is 5.69 Å². The molecule has 4 nitrogen and oxygen atoms in total. The summed E-state index contributed by atoms with van der Waals surface area (Å²) in [6, 6.07) is 3.64. The average Bonchev–Trinajstić information content (AvgIpc) is 2.94. The minimum Gasteiger partial charge on any atom is -0.509 e. The first kappa shape index (κ1) is 12.2. The van der Waals surface area contributed by atoms with Crippen LogP contribution in [0, 0.1) is 6.92 Å². The second kappa shape index (κ2) is 3.83. The number of hydrogen-bond acceptors (Lipinski definition) is 3. The Hall–Kier alpha value is -1.84. The van der Waals surface area contributed by atoms with Crippen LogP contribution in [0.2, 0.25) is 0 Å². The number of aromatic nitrogens is 1. The number of ketones is 2. The summed E-state index contributed by atoms with van der Waals surface area (Å²) in [7, 11) is 0. The van der Waals surface area contributed by atoms with E-state index in [4.69, 9.17) is 0 Å². The number of Topliss-reactive ketones (excluding diaryl/α,β-unsaturated/α-hetero) is 2. The molecule has 0 aromatic carbocycles. The van der Waals surface area contributed by atoms with Gasteiger partial charge in [-0.1, -0.05) is 12.8 Å². The predicted molar refractivity (Wildman–Crippen MR) is 70.3 cm³/mol. The van der Waals surface area contributed by atoms with Crippen LogP contribution in [0.1, 0.15) is 48.8 Å². The molecule has 1 fully saturated rings. The van der Waals surface area contributed by atoms with E-state index in [9.17, 15) is 14.7 Å². The normalized spacial score (nSPS) is 21.1. The lowest BCUT2D eigenvalue weighted by molar-refractivity contribution is -0.113. The van der Waals surface area contributed by atoms with E-state index in [2.05, 4.69) is 0 Å². The fourth-order valence-electron chi connectivity index (χ4n) is 3.61. The van der Waals surface area contributed by atoms with Gasteiger partial charge >= 0.3 is 0 Å². The van der Waals surface area contributed by atoms with Crippen LogP contribution in [0.15, 0.2) is 23.5 Å². The molecule has 1 spiro atoms. The predicted octanol–water partition coefficient (Wildman–Crippen LogP) is 2.66. The van der Waals surface area contributed by atoms with Crippen LogP contribution >= 0.6 is 0 Å². The summed E-state index contributed by atoms with van der Waals surface area (Å²) >= 11 is 0. The fourth-order valence-corrected chi connectivity index (χ4v) is 3.61. The Labute approximate surface area is 111 Å². The highest BCUT2D eigenvalue weighted by atomic mass is 16.3. The number of hydrogen-bond donors (Lipinski definition) is 1. The van der Waals surface area contributed by atoms with Gasteiger partial charge in [0.05, 0.1) is 5.69 Å². The maximum Gasteiger partial charge on any atom is 0.216 e. The van der Waals surface area contributed by atoms with Crippen molar-refractivity contribution < 1.29 is 14.7 Å². The zero-order chi connectivity index (χ0) is 13.8. The van der Waals surface area contributed by atoms with Gasteiger partial charge in [0.25, 0.3) is 0 Å². The van der Waals surface area contributed by atoms with E-state index in [1.165, 1.54) is 6.92 Å². The Morgan fingerprint density at radius 2 is 1.95 bits per heavy atom. The Morgan fingerprint density at radius 3 is 2.53 bits per heavy atom. The van der Waals surface area contributed by atoms with Gasteiger partial charge in [0.2, 0.25) is 5.78 Å². The van der Waals surface area contributed by atoms with E-state index in [0.29, 0.717) is 5.69 Å². The Morgan fingerprint density at radius 1 is 1.32 bits per heavy atom. The van der Waals surface area contributed by atoms with E-state index >= 15 is 0 Å². The van der Waals surface area contributed by atoms with Gasteiger partial charge in [0.15, 0.2) is 5.78 Å². The topological polar surface area (TPSA) is 59.3 Å². The van der Waals surface area contributed by atoms with Crippen molar-refractivity contribution in [2.75, 3.05) is 0 Å². The van der Waals surface area contributed by atoms with Crippen molar-refractivity contribution >= 4 is 11.6 Å². The van der Waals surface area contributed by atoms with Crippen LogP contribution in [0.3, 0.4) is 0 Å². The van der Waals surface area contributed by atoms with Crippen molar-refractivity contribution in [3.05, 3.63) is 34.9 Å². The lowest BCUT2D eigenvalue weighted by atomic mass is 9.84. The lowest BCUT2D eigenvalue weighted by Crippen LogP contribution is -2.42. The first-order valence-corrected chi connectivity index (χ1v) is 6.67. The molecule has 1 saturated carbocycles. The molecular weight excluding hydrogens is 242 g/mol. The molecule has 0 atom stereocenters. The van der Waals surface area contributed by atoms with Crippen molar-refractivity contribution in [1.29, 1.82) is 0 Å². The highest BCUT2D eigenvalue weighted by molar-refractivity contribution is 6.26. The largest absolute Gasteiger partial charge is 0.509 e. The molecule has 1 aliphatic carbocycles. The summed E-state index contributed by atoms with van der Waals surface area (Å²) in [4.78, 5) is 24.1. The summed E-state index contributed by atoms with van der Waals surface area (Å²) in [5.41, 5.74) is 0.895. The molecule has 1 aliphatic heterocycles. The van der Waals surface area contributed by atoms with Gasteiger partial charge in [-0.2, -0.15) is 0 Å². The van der Waals surface area contributed by atoms with Crippen LogP contribution in [0.4, 0.5) is 0 Å². The smallest absolute Gasteiger partial charge is 0.216 e. The molecule has 0 radical (unpaired) electrons. The van der Waals surface area contributed by atoms with Gasteiger partial charge < -0.3 is 9.67 Å². The third-order valence-electron chi connectivity index (χ3n) is 4.42. The highest BCUT2D eigenvalue weighted by Gasteiger charge is 2.48. The molecular formula is C15H17NO3. The third kappa shape index (κ3) is 1.40. The molecule has 0 amide bonds. The SMILES string of the molecule is CC(=O)C1=C(O)C2(CCCC2)n2c(C)ccc2C1=O. The van der Waals surface area contributed by atoms with Crippen molar-refractivity contribution in [3.8, 4) is 0 Å². The molecule has 2 heterocycles. The van der Waals surface area contributed by atoms with E-state index in [0.717, 1.165) is 31.4 Å². The Balaban J connectivity index is 2.34. The van der Waals surface area contributed by atoms with Gasteiger partial charge in [-0.3, -0.25) is 9.59 Å². The van der Waals surface area contributed by atoms with E-state index in [-0.39, 0.29) is 22.9 Å². The van der Waals surface area contributed by atoms with Crippen LogP contribution in [-0.4, -0.2) is 21.2 Å². The minimum atomic E-state index is -0.572. The first-order chi connectivity index (χ1) is 8.99. The zero-order valence-electron chi connectivity index (χ0n) is 11.2. The summed E-state index contributed by atoms with van der Waals surface area (Å²) in [5.74, 6) is -0.719. The fraction of sp³-hybridized carbons (Fsp3) is 0.467. The van der Waals surface area contributed by atoms with Crippen molar-refractivity contribution in [3.63, 3.8) is 0 Å². The molecule has 0 bridgehead atoms. The van der Waals surface area contributed by atoms with Crippen LogP contribution in [-0.2, 0) is 10.3 Å². The molecule has 3 rings (SSSR count). The van der Waals surface area contributed by atoms with E-state index in [1.54, 1.807) is 6.07 Å². The second-order valence-corrected chi connectivity index (χ2v) is 5.54. The summed E-state index contributed by atoms with van der Waals surface area (Å²) in [6.45, 7) is 3.28. The number of allylic oxidation sites excluding steroid dienone is 2. The van der Waals surface area contributed by atoms with Crippen molar-refractivity contribution in [2.45, 2.75) is 45.1 Å². The molecule has 1 aromatic heterocycles. The minimum absolute atomic E-state index is 0.0192. The zero-order valence-corrected chi connectivity index (χ0v) is 11.2. The number of fused-ring (bicyclic) bond motifs is 2. The van der Waals surface area contributed by atoms with Gasteiger partial charge in [-0.15, -0.1) is 0 Å². The maximum absolute atomic E-state index is 12.4. The van der Waals surface area contributed by atoms with Crippen LogP contribution in [0.5, 0.6) is 0 Å². The van der Waals surface area contributed by atoms with E-state index < -0.39 is 5.54 Å². The average molecular weight is 259 g/mol. The molecule has 1 N–H and O–H groups in total. The van der Waals surface area contributed by atoms with Gasteiger partial charge in [0.1, 0.15) is 16.9 Å². The molecule has 0 saturated heterocycles. The quantitative estimate of drug-likeness (QED) is 0.789. The number of nitrogens with zero attached hydrogens (tertiary/aromatic N) is 1. The molecule has 2 aliphatic rings. The Bertz CT molecular complexity index is 615. The highest BCUT2D eigenvalue weighted by Crippen LogP contribution is 2.47. The number of aliphatic hydroxyl groups is 1. The standard InChI is InChI=1S/C15H17NO3/c1-9-5-6-11-13(18)12(10(2)17)14(19)15(16(9)11)7-3-4-8-15/h5-6,19H,3-4,7-8H2,1-2H3. The number of aryl methyl sites for hydroxylation is 1. The van der Waals surface area contributed by atoms with Crippen molar-refractivity contribution in [2.24, 2.45) is 0 Å². The van der Waals surface area contributed by atoms with Crippen molar-refractivity contribution in [1.82, 2.24) is 4.57 Å².